The molecule has 2 heteroatoms. The van der Waals surface area contributed by atoms with Gasteiger partial charge in [-0.05, 0) is 38.4 Å². The number of rotatable bonds is 9. The van der Waals surface area contributed by atoms with E-state index in [1.807, 2.05) is 0 Å². The SMILES string of the molecule is CCCN(CCC)CC(NCC)C(C)C. The molecule has 0 saturated carbocycles. The van der Waals surface area contributed by atoms with Crippen molar-refractivity contribution in [2.45, 2.75) is 53.5 Å². The molecular formula is C13H30N2. The molecule has 0 saturated heterocycles. The second-order valence-electron chi connectivity index (χ2n) is 4.71. The Morgan fingerprint density at radius 1 is 1.00 bits per heavy atom. The summed E-state index contributed by atoms with van der Waals surface area (Å²) in [5, 5.41) is 3.59. The van der Waals surface area contributed by atoms with Gasteiger partial charge in [-0.15, -0.1) is 0 Å². The zero-order valence-corrected chi connectivity index (χ0v) is 11.3. The lowest BCUT2D eigenvalue weighted by Gasteiger charge is -2.29. The number of nitrogens with zero attached hydrogens (tertiary/aromatic N) is 1. The van der Waals surface area contributed by atoms with Gasteiger partial charge < -0.3 is 10.2 Å². The van der Waals surface area contributed by atoms with Crippen LogP contribution < -0.4 is 5.32 Å². The first-order valence-corrected chi connectivity index (χ1v) is 6.61. The van der Waals surface area contributed by atoms with E-state index in [9.17, 15) is 0 Å². The van der Waals surface area contributed by atoms with Gasteiger partial charge >= 0.3 is 0 Å². The van der Waals surface area contributed by atoms with E-state index >= 15 is 0 Å². The summed E-state index contributed by atoms with van der Waals surface area (Å²) in [5.74, 6) is 0.723. The molecule has 1 unspecified atom stereocenters. The van der Waals surface area contributed by atoms with E-state index in [1.165, 1.54) is 32.5 Å². The maximum Gasteiger partial charge on any atom is 0.0217 e. The highest BCUT2D eigenvalue weighted by atomic mass is 15.1. The number of hydrogen-bond acceptors (Lipinski definition) is 2. The second-order valence-corrected chi connectivity index (χ2v) is 4.71. The third kappa shape index (κ3) is 6.91. The molecule has 0 amide bonds. The fourth-order valence-electron chi connectivity index (χ4n) is 1.98. The van der Waals surface area contributed by atoms with E-state index in [0.29, 0.717) is 6.04 Å². The largest absolute Gasteiger partial charge is 0.313 e. The molecule has 0 aliphatic heterocycles. The molecule has 2 nitrogen and oxygen atoms in total. The van der Waals surface area contributed by atoms with Gasteiger partial charge in [-0.25, -0.2) is 0 Å². The molecule has 0 aromatic heterocycles. The molecule has 0 heterocycles. The van der Waals surface area contributed by atoms with Crippen LogP contribution in [0.1, 0.15) is 47.5 Å². The zero-order chi connectivity index (χ0) is 11.7. The summed E-state index contributed by atoms with van der Waals surface area (Å²) in [6, 6.07) is 0.646. The van der Waals surface area contributed by atoms with Gasteiger partial charge in [0.05, 0.1) is 0 Å². The lowest BCUT2D eigenvalue weighted by molar-refractivity contribution is 0.219. The van der Waals surface area contributed by atoms with Gasteiger partial charge in [0.25, 0.3) is 0 Å². The van der Waals surface area contributed by atoms with Crippen molar-refractivity contribution in [3.05, 3.63) is 0 Å². The van der Waals surface area contributed by atoms with Crippen LogP contribution in [0, 0.1) is 5.92 Å². The van der Waals surface area contributed by atoms with Gasteiger partial charge in [-0.1, -0.05) is 34.6 Å². The molecule has 0 spiro atoms. The van der Waals surface area contributed by atoms with E-state index in [4.69, 9.17) is 0 Å². The Labute approximate surface area is 96.4 Å². The van der Waals surface area contributed by atoms with Crippen LogP contribution in [0.15, 0.2) is 0 Å². The third-order valence-electron chi connectivity index (χ3n) is 2.81. The smallest absolute Gasteiger partial charge is 0.0217 e. The van der Waals surface area contributed by atoms with Crippen LogP contribution in [0.25, 0.3) is 0 Å². The Morgan fingerprint density at radius 2 is 1.53 bits per heavy atom. The average molecular weight is 214 g/mol. The van der Waals surface area contributed by atoms with E-state index in [-0.39, 0.29) is 0 Å². The Hall–Kier alpha value is -0.0800. The van der Waals surface area contributed by atoms with E-state index < -0.39 is 0 Å². The summed E-state index contributed by atoms with van der Waals surface area (Å²) < 4.78 is 0. The van der Waals surface area contributed by atoms with Gasteiger partial charge in [-0.2, -0.15) is 0 Å². The van der Waals surface area contributed by atoms with Gasteiger partial charge in [0, 0.05) is 12.6 Å². The Morgan fingerprint density at radius 3 is 1.87 bits per heavy atom. The highest BCUT2D eigenvalue weighted by Crippen LogP contribution is 2.05. The Bertz CT molecular complexity index is 128. The lowest BCUT2D eigenvalue weighted by atomic mass is 10.0. The minimum Gasteiger partial charge on any atom is -0.313 e. The molecule has 0 aliphatic carbocycles. The van der Waals surface area contributed by atoms with Crippen molar-refractivity contribution in [2.75, 3.05) is 26.2 Å². The van der Waals surface area contributed by atoms with Gasteiger partial charge in [0.2, 0.25) is 0 Å². The van der Waals surface area contributed by atoms with Crippen LogP contribution in [0.4, 0.5) is 0 Å². The van der Waals surface area contributed by atoms with Crippen molar-refractivity contribution in [1.82, 2.24) is 10.2 Å². The molecule has 0 aliphatic rings. The third-order valence-corrected chi connectivity index (χ3v) is 2.81. The molecule has 0 aromatic rings. The summed E-state index contributed by atoms with van der Waals surface area (Å²) in [4.78, 5) is 2.59. The Kier molecular flexibility index (Phi) is 9.12. The molecule has 0 radical (unpaired) electrons. The second kappa shape index (κ2) is 9.17. The predicted octanol–water partition coefficient (Wildman–Crippen LogP) is 2.74. The van der Waals surface area contributed by atoms with Gasteiger partial charge in [0.1, 0.15) is 0 Å². The highest BCUT2D eigenvalue weighted by Gasteiger charge is 2.15. The molecular weight excluding hydrogens is 184 g/mol. The fraction of sp³-hybridized carbons (Fsp3) is 1.00. The van der Waals surface area contributed by atoms with Crippen molar-refractivity contribution in [1.29, 1.82) is 0 Å². The van der Waals surface area contributed by atoms with E-state index in [1.54, 1.807) is 0 Å². The number of hydrogen-bond donors (Lipinski definition) is 1. The van der Waals surface area contributed by atoms with Crippen LogP contribution in [-0.4, -0.2) is 37.1 Å². The quantitative estimate of drug-likeness (QED) is 0.635. The topological polar surface area (TPSA) is 15.3 Å². The molecule has 0 aromatic carbocycles. The van der Waals surface area contributed by atoms with Crippen LogP contribution >= 0.6 is 0 Å². The number of nitrogens with one attached hydrogen (secondary N) is 1. The molecule has 0 fully saturated rings. The maximum atomic E-state index is 3.59. The monoisotopic (exact) mass is 214 g/mol. The Balaban J connectivity index is 4.06. The van der Waals surface area contributed by atoms with Crippen molar-refractivity contribution < 1.29 is 0 Å². The summed E-state index contributed by atoms with van der Waals surface area (Å²) in [6.07, 6.45) is 2.52. The highest BCUT2D eigenvalue weighted by molar-refractivity contribution is 4.74. The first-order chi connectivity index (χ1) is 7.15. The lowest BCUT2D eigenvalue weighted by Crippen LogP contribution is -2.44. The van der Waals surface area contributed by atoms with Crippen molar-refractivity contribution >= 4 is 0 Å². The van der Waals surface area contributed by atoms with Crippen molar-refractivity contribution in [2.24, 2.45) is 5.92 Å². The van der Waals surface area contributed by atoms with Crippen molar-refractivity contribution in [3.8, 4) is 0 Å². The molecule has 1 N–H and O–H groups in total. The van der Waals surface area contributed by atoms with Gasteiger partial charge in [0.15, 0.2) is 0 Å². The minimum atomic E-state index is 0.646. The van der Waals surface area contributed by atoms with E-state index in [2.05, 4.69) is 44.8 Å². The molecule has 1 atom stereocenters. The predicted molar refractivity (Wildman–Crippen MR) is 69.3 cm³/mol. The normalized spacial score (nSPS) is 13.8. The van der Waals surface area contributed by atoms with Crippen LogP contribution in [0.3, 0.4) is 0 Å². The van der Waals surface area contributed by atoms with Crippen LogP contribution in [0.2, 0.25) is 0 Å². The molecule has 15 heavy (non-hydrogen) atoms. The standard InChI is InChI=1S/C13H30N2/c1-6-9-15(10-7-2)11-13(12(4)5)14-8-3/h12-14H,6-11H2,1-5H3. The molecule has 92 valence electrons. The van der Waals surface area contributed by atoms with Crippen LogP contribution in [-0.2, 0) is 0 Å². The summed E-state index contributed by atoms with van der Waals surface area (Å²) in [6.45, 7) is 16.1. The van der Waals surface area contributed by atoms with E-state index in [0.717, 1.165) is 12.5 Å². The van der Waals surface area contributed by atoms with Gasteiger partial charge in [-0.3, -0.25) is 0 Å². The molecule has 0 rings (SSSR count). The fourth-order valence-corrected chi connectivity index (χ4v) is 1.98. The zero-order valence-electron chi connectivity index (χ0n) is 11.3. The summed E-state index contributed by atoms with van der Waals surface area (Å²) >= 11 is 0. The minimum absolute atomic E-state index is 0.646. The average Bonchev–Trinajstić information content (AvgIpc) is 2.17. The summed E-state index contributed by atoms with van der Waals surface area (Å²) in [5.41, 5.74) is 0. The summed E-state index contributed by atoms with van der Waals surface area (Å²) in [7, 11) is 0. The first kappa shape index (κ1) is 14.9. The number of likely N-dealkylation sites (N-methyl/N-ethyl adjacent to an activating group) is 1. The van der Waals surface area contributed by atoms with Crippen molar-refractivity contribution in [3.63, 3.8) is 0 Å². The first-order valence-electron chi connectivity index (χ1n) is 6.61. The maximum absolute atomic E-state index is 3.59. The van der Waals surface area contributed by atoms with Crippen LogP contribution in [0.5, 0.6) is 0 Å². The molecule has 0 bridgehead atoms.